The lowest BCUT2D eigenvalue weighted by atomic mass is 9.84. The summed E-state index contributed by atoms with van der Waals surface area (Å²) in [5, 5.41) is 0. The normalized spacial score (nSPS) is 34.4. The van der Waals surface area contributed by atoms with Crippen LogP contribution in [0.2, 0.25) is 0 Å². The van der Waals surface area contributed by atoms with E-state index in [0.717, 1.165) is 18.4 Å². The Morgan fingerprint density at radius 1 is 1.15 bits per heavy atom. The summed E-state index contributed by atoms with van der Waals surface area (Å²) in [6, 6.07) is 0. The average Bonchev–Trinajstić information content (AvgIpc) is 2.71. The number of hydrogen-bond donors (Lipinski definition) is 1. The fourth-order valence-corrected chi connectivity index (χ4v) is 4.30. The van der Waals surface area contributed by atoms with Gasteiger partial charge in [-0.05, 0) is 43.9 Å². The van der Waals surface area contributed by atoms with Gasteiger partial charge in [0, 0.05) is 32.3 Å². The van der Waals surface area contributed by atoms with E-state index in [4.69, 9.17) is 10.5 Å². The molecule has 0 amide bonds. The van der Waals surface area contributed by atoms with Crippen molar-refractivity contribution in [3.63, 3.8) is 0 Å². The third-order valence-electron chi connectivity index (χ3n) is 5.97. The molecule has 20 heavy (non-hydrogen) atoms. The second-order valence-corrected chi connectivity index (χ2v) is 7.29. The van der Waals surface area contributed by atoms with Crippen LogP contribution in [0.3, 0.4) is 0 Å². The number of methoxy groups -OCH3 is 1. The molecular weight excluding hydrogens is 248 g/mol. The van der Waals surface area contributed by atoms with E-state index in [1.807, 2.05) is 7.11 Å². The molecule has 0 bridgehead atoms. The molecule has 1 heterocycles. The molecule has 1 saturated carbocycles. The molecule has 2 atom stereocenters. The summed E-state index contributed by atoms with van der Waals surface area (Å²) in [5.41, 5.74) is 6.53. The molecule has 1 saturated heterocycles. The van der Waals surface area contributed by atoms with Crippen LogP contribution in [0.25, 0.3) is 0 Å². The zero-order valence-electron chi connectivity index (χ0n) is 13.7. The second kappa shape index (κ2) is 7.24. The maximum Gasteiger partial charge on any atom is 0.0595 e. The van der Waals surface area contributed by atoms with Crippen LogP contribution in [-0.4, -0.2) is 43.3 Å². The summed E-state index contributed by atoms with van der Waals surface area (Å²) in [7, 11) is 1.85. The summed E-state index contributed by atoms with van der Waals surface area (Å²) in [6.45, 7) is 7.92. The van der Waals surface area contributed by atoms with Crippen LogP contribution in [-0.2, 0) is 4.74 Å². The van der Waals surface area contributed by atoms with Gasteiger partial charge in [-0.15, -0.1) is 0 Å². The second-order valence-electron chi connectivity index (χ2n) is 7.29. The standard InChI is InChI=1S/C17H34N2O/c1-14(2)15-5-4-9-17(13-18,10-6-15)19-11-7-16(20-3)8-12-19/h14-16H,4-13,18H2,1-3H3. The predicted molar refractivity (Wildman–Crippen MR) is 84.8 cm³/mol. The first kappa shape index (κ1) is 16.3. The molecule has 2 aliphatic rings. The van der Waals surface area contributed by atoms with E-state index in [1.54, 1.807) is 0 Å². The number of rotatable bonds is 4. The summed E-state index contributed by atoms with van der Waals surface area (Å²) < 4.78 is 5.51. The van der Waals surface area contributed by atoms with Gasteiger partial charge in [-0.25, -0.2) is 0 Å². The van der Waals surface area contributed by atoms with Crippen molar-refractivity contribution in [3.05, 3.63) is 0 Å². The van der Waals surface area contributed by atoms with Crippen molar-refractivity contribution in [2.24, 2.45) is 17.6 Å². The maximum absolute atomic E-state index is 6.25. The van der Waals surface area contributed by atoms with E-state index in [1.165, 1.54) is 58.0 Å². The molecule has 118 valence electrons. The molecule has 2 unspecified atom stereocenters. The fraction of sp³-hybridized carbons (Fsp3) is 1.00. The Hall–Kier alpha value is -0.120. The van der Waals surface area contributed by atoms with E-state index in [-0.39, 0.29) is 5.54 Å². The van der Waals surface area contributed by atoms with Crippen LogP contribution in [0.4, 0.5) is 0 Å². The van der Waals surface area contributed by atoms with Gasteiger partial charge in [-0.3, -0.25) is 4.90 Å². The van der Waals surface area contributed by atoms with Gasteiger partial charge in [0.05, 0.1) is 6.10 Å². The quantitative estimate of drug-likeness (QED) is 0.806. The first-order valence-electron chi connectivity index (χ1n) is 8.59. The average molecular weight is 282 g/mol. The van der Waals surface area contributed by atoms with E-state index in [9.17, 15) is 0 Å². The molecule has 0 spiro atoms. The van der Waals surface area contributed by atoms with Gasteiger partial charge >= 0.3 is 0 Å². The molecule has 0 aromatic heterocycles. The summed E-state index contributed by atoms with van der Waals surface area (Å²) in [5.74, 6) is 1.72. The molecule has 1 aliphatic heterocycles. The monoisotopic (exact) mass is 282 g/mol. The highest BCUT2D eigenvalue weighted by Crippen LogP contribution is 2.38. The number of nitrogens with zero attached hydrogens (tertiary/aromatic N) is 1. The van der Waals surface area contributed by atoms with Gasteiger partial charge in [0.1, 0.15) is 0 Å². The van der Waals surface area contributed by atoms with Crippen molar-refractivity contribution in [1.29, 1.82) is 0 Å². The number of nitrogens with two attached hydrogens (primary N) is 1. The molecule has 0 aromatic carbocycles. The van der Waals surface area contributed by atoms with Gasteiger partial charge in [-0.2, -0.15) is 0 Å². The minimum absolute atomic E-state index is 0.280. The van der Waals surface area contributed by atoms with Crippen molar-refractivity contribution in [2.75, 3.05) is 26.7 Å². The van der Waals surface area contributed by atoms with Crippen LogP contribution in [0.1, 0.15) is 58.8 Å². The zero-order valence-corrected chi connectivity index (χ0v) is 13.7. The molecule has 0 aromatic rings. The van der Waals surface area contributed by atoms with Gasteiger partial charge in [-0.1, -0.05) is 26.7 Å². The Kier molecular flexibility index (Phi) is 5.88. The molecule has 2 rings (SSSR count). The zero-order chi connectivity index (χ0) is 14.6. The van der Waals surface area contributed by atoms with Crippen molar-refractivity contribution in [2.45, 2.75) is 70.4 Å². The van der Waals surface area contributed by atoms with E-state index < -0.39 is 0 Å². The third-order valence-corrected chi connectivity index (χ3v) is 5.97. The molecule has 1 aliphatic carbocycles. The van der Waals surface area contributed by atoms with Crippen molar-refractivity contribution >= 4 is 0 Å². The molecular formula is C17H34N2O. The summed E-state index contributed by atoms with van der Waals surface area (Å²) >= 11 is 0. The van der Waals surface area contributed by atoms with Crippen LogP contribution >= 0.6 is 0 Å². The van der Waals surface area contributed by atoms with E-state index in [2.05, 4.69) is 18.7 Å². The van der Waals surface area contributed by atoms with Crippen LogP contribution in [0.15, 0.2) is 0 Å². The van der Waals surface area contributed by atoms with Gasteiger partial charge in [0.25, 0.3) is 0 Å². The largest absolute Gasteiger partial charge is 0.381 e. The Bertz CT molecular complexity index is 287. The summed E-state index contributed by atoms with van der Waals surface area (Å²) in [6.07, 6.45) is 9.51. The Morgan fingerprint density at radius 2 is 1.85 bits per heavy atom. The highest BCUT2D eigenvalue weighted by atomic mass is 16.5. The number of hydrogen-bond acceptors (Lipinski definition) is 3. The minimum atomic E-state index is 0.280. The van der Waals surface area contributed by atoms with Crippen LogP contribution in [0.5, 0.6) is 0 Å². The molecule has 0 radical (unpaired) electrons. The SMILES string of the molecule is COC1CCN(C2(CN)CCCC(C(C)C)CC2)CC1. The summed E-state index contributed by atoms with van der Waals surface area (Å²) in [4.78, 5) is 2.70. The smallest absolute Gasteiger partial charge is 0.0595 e. The first-order chi connectivity index (χ1) is 9.61. The molecule has 2 N–H and O–H groups in total. The Labute approximate surface area is 125 Å². The van der Waals surface area contributed by atoms with Crippen LogP contribution in [0, 0.1) is 11.8 Å². The number of ether oxygens (including phenoxy) is 1. The molecule has 3 nitrogen and oxygen atoms in total. The molecule has 2 fully saturated rings. The van der Waals surface area contributed by atoms with Crippen molar-refractivity contribution < 1.29 is 4.74 Å². The van der Waals surface area contributed by atoms with E-state index >= 15 is 0 Å². The number of piperidine rings is 1. The Morgan fingerprint density at radius 3 is 2.40 bits per heavy atom. The first-order valence-corrected chi connectivity index (χ1v) is 8.59. The maximum atomic E-state index is 6.25. The lowest BCUT2D eigenvalue weighted by Gasteiger charge is -2.46. The van der Waals surface area contributed by atoms with Crippen LogP contribution < -0.4 is 5.73 Å². The lowest BCUT2D eigenvalue weighted by Crippen LogP contribution is -2.56. The minimum Gasteiger partial charge on any atom is -0.381 e. The van der Waals surface area contributed by atoms with E-state index in [0.29, 0.717) is 6.10 Å². The fourth-order valence-electron chi connectivity index (χ4n) is 4.30. The van der Waals surface area contributed by atoms with Gasteiger partial charge < -0.3 is 10.5 Å². The highest BCUT2D eigenvalue weighted by molar-refractivity contribution is 4.96. The third kappa shape index (κ3) is 3.55. The topological polar surface area (TPSA) is 38.5 Å². The van der Waals surface area contributed by atoms with Crippen molar-refractivity contribution in [1.82, 2.24) is 4.90 Å². The highest BCUT2D eigenvalue weighted by Gasteiger charge is 2.39. The van der Waals surface area contributed by atoms with Gasteiger partial charge in [0.15, 0.2) is 0 Å². The lowest BCUT2D eigenvalue weighted by molar-refractivity contribution is -0.00828. The predicted octanol–water partition coefficient (Wildman–Crippen LogP) is 3.03. The van der Waals surface area contributed by atoms with Crippen molar-refractivity contribution in [3.8, 4) is 0 Å². The number of likely N-dealkylation sites (tertiary alicyclic amines) is 1. The van der Waals surface area contributed by atoms with Gasteiger partial charge in [0.2, 0.25) is 0 Å². The Balaban J connectivity index is 1.99. The molecule has 3 heteroatoms.